The Balaban J connectivity index is 1.42. The monoisotopic (exact) mass is 354 g/mol. The molecule has 0 aromatic heterocycles. The highest BCUT2D eigenvalue weighted by molar-refractivity contribution is 5.76. The maximum atomic E-state index is 12.4. The molecule has 1 fully saturated rings. The molecule has 2 aromatic carbocycles. The summed E-state index contributed by atoms with van der Waals surface area (Å²) < 4.78 is 11.1. The normalized spacial score (nSPS) is 14.2. The van der Waals surface area contributed by atoms with Crippen LogP contribution in [0.5, 0.6) is 11.5 Å². The third-order valence-corrected chi connectivity index (χ3v) is 4.47. The molecule has 0 radical (unpaired) electrons. The molecule has 1 aliphatic heterocycles. The summed E-state index contributed by atoms with van der Waals surface area (Å²) in [4.78, 5) is 16.6. The van der Waals surface area contributed by atoms with E-state index in [2.05, 4.69) is 17.0 Å². The molecule has 26 heavy (non-hydrogen) atoms. The molecule has 0 unspecified atom stereocenters. The van der Waals surface area contributed by atoms with Crippen molar-refractivity contribution in [2.75, 3.05) is 44.3 Å². The van der Waals surface area contributed by atoms with Crippen LogP contribution in [0.4, 0.5) is 5.69 Å². The first-order valence-corrected chi connectivity index (χ1v) is 9.19. The molecule has 0 atom stereocenters. The molecule has 1 heterocycles. The van der Waals surface area contributed by atoms with Gasteiger partial charge in [-0.05, 0) is 43.3 Å². The fraction of sp³-hybridized carbons (Fsp3) is 0.381. The topological polar surface area (TPSA) is 42.0 Å². The van der Waals surface area contributed by atoms with Crippen molar-refractivity contribution in [3.63, 3.8) is 0 Å². The summed E-state index contributed by atoms with van der Waals surface area (Å²) >= 11 is 0. The van der Waals surface area contributed by atoms with E-state index in [0.717, 1.165) is 37.7 Å². The summed E-state index contributed by atoms with van der Waals surface area (Å²) in [7, 11) is 0. The van der Waals surface area contributed by atoms with Crippen molar-refractivity contribution in [3.8, 4) is 11.5 Å². The van der Waals surface area contributed by atoms with Crippen molar-refractivity contribution in [1.82, 2.24) is 4.90 Å². The summed E-state index contributed by atoms with van der Waals surface area (Å²) in [5, 5.41) is 0. The molecule has 1 aliphatic rings. The number of nitrogens with zero attached hydrogens (tertiary/aromatic N) is 2. The van der Waals surface area contributed by atoms with E-state index in [9.17, 15) is 4.79 Å². The van der Waals surface area contributed by atoms with E-state index in [0.29, 0.717) is 19.6 Å². The van der Waals surface area contributed by atoms with Crippen LogP contribution in [0.25, 0.3) is 0 Å². The number of piperazine rings is 1. The van der Waals surface area contributed by atoms with Gasteiger partial charge >= 0.3 is 0 Å². The first kappa shape index (κ1) is 18.1. The van der Waals surface area contributed by atoms with Crippen LogP contribution in [0.2, 0.25) is 0 Å². The van der Waals surface area contributed by atoms with Crippen molar-refractivity contribution in [1.29, 1.82) is 0 Å². The first-order valence-electron chi connectivity index (χ1n) is 9.19. The Morgan fingerprint density at radius 2 is 1.54 bits per heavy atom. The molecule has 5 nitrogen and oxygen atoms in total. The molecule has 0 aliphatic carbocycles. The second kappa shape index (κ2) is 9.13. The van der Waals surface area contributed by atoms with Gasteiger partial charge in [0.15, 0.2) is 0 Å². The maximum Gasteiger partial charge on any atom is 0.226 e. The number of rotatable bonds is 7. The lowest BCUT2D eigenvalue weighted by atomic mass is 10.2. The van der Waals surface area contributed by atoms with Crippen LogP contribution >= 0.6 is 0 Å². The number of para-hydroxylation sites is 1. The van der Waals surface area contributed by atoms with Gasteiger partial charge in [-0.1, -0.05) is 18.2 Å². The molecule has 5 heteroatoms. The minimum atomic E-state index is 0.160. The van der Waals surface area contributed by atoms with Crippen molar-refractivity contribution in [2.45, 2.75) is 13.3 Å². The standard InChI is InChI=1S/C21H26N2O3/c1-2-25-20-10-8-18(9-11-20)22-13-15-23(16-14-22)21(24)12-17-26-19-6-4-3-5-7-19/h3-11H,2,12-17H2,1H3. The molecule has 3 rings (SSSR count). The first-order chi connectivity index (χ1) is 12.8. The number of amides is 1. The van der Waals surface area contributed by atoms with Gasteiger partial charge in [-0.2, -0.15) is 0 Å². The van der Waals surface area contributed by atoms with Gasteiger partial charge in [-0.15, -0.1) is 0 Å². The van der Waals surface area contributed by atoms with Crippen LogP contribution in [0.15, 0.2) is 54.6 Å². The highest BCUT2D eigenvalue weighted by Gasteiger charge is 2.21. The van der Waals surface area contributed by atoms with E-state index in [-0.39, 0.29) is 5.91 Å². The fourth-order valence-electron chi connectivity index (χ4n) is 3.06. The van der Waals surface area contributed by atoms with Crippen LogP contribution in [0.3, 0.4) is 0 Å². The van der Waals surface area contributed by atoms with E-state index in [1.807, 2.05) is 54.3 Å². The van der Waals surface area contributed by atoms with E-state index in [1.165, 1.54) is 5.69 Å². The van der Waals surface area contributed by atoms with Gasteiger partial charge in [0.05, 0.1) is 19.6 Å². The van der Waals surface area contributed by atoms with Crippen LogP contribution < -0.4 is 14.4 Å². The number of carbonyl (C=O) groups excluding carboxylic acids is 1. The highest BCUT2D eigenvalue weighted by Crippen LogP contribution is 2.21. The SMILES string of the molecule is CCOc1ccc(N2CCN(C(=O)CCOc3ccccc3)CC2)cc1. The number of carbonyl (C=O) groups is 1. The van der Waals surface area contributed by atoms with Crippen molar-refractivity contribution in [2.24, 2.45) is 0 Å². The van der Waals surface area contributed by atoms with E-state index >= 15 is 0 Å². The molecule has 0 bridgehead atoms. The van der Waals surface area contributed by atoms with Gasteiger partial charge in [-0.3, -0.25) is 4.79 Å². The zero-order chi connectivity index (χ0) is 18.2. The molecular formula is C21H26N2O3. The third-order valence-electron chi connectivity index (χ3n) is 4.47. The van der Waals surface area contributed by atoms with Gasteiger partial charge < -0.3 is 19.3 Å². The molecule has 0 saturated carbocycles. The van der Waals surface area contributed by atoms with Crippen molar-refractivity contribution >= 4 is 11.6 Å². The van der Waals surface area contributed by atoms with E-state index < -0.39 is 0 Å². The second-order valence-electron chi connectivity index (χ2n) is 6.21. The highest BCUT2D eigenvalue weighted by atomic mass is 16.5. The van der Waals surface area contributed by atoms with Crippen molar-refractivity contribution in [3.05, 3.63) is 54.6 Å². The summed E-state index contributed by atoms with van der Waals surface area (Å²) in [6.45, 7) is 6.26. The van der Waals surface area contributed by atoms with Gasteiger partial charge in [0.1, 0.15) is 11.5 Å². The maximum absolute atomic E-state index is 12.4. The number of benzene rings is 2. The lowest BCUT2D eigenvalue weighted by Gasteiger charge is -2.36. The summed E-state index contributed by atoms with van der Waals surface area (Å²) in [6.07, 6.45) is 0.415. The Bertz CT molecular complexity index is 680. The lowest BCUT2D eigenvalue weighted by Crippen LogP contribution is -2.49. The minimum Gasteiger partial charge on any atom is -0.494 e. The number of hydrogen-bond acceptors (Lipinski definition) is 4. The summed E-state index contributed by atoms with van der Waals surface area (Å²) in [5.41, 5.74) is 1.17. The zero-order valence-corrected chi connectivity index (χ0v) is 15.3. The molecule has 1 saturated heterocycles. The predicted molar refractivity (Wildman–Crippen MR) is 103 cm³/mol. The van der Waals surface area contributed by atoms with E-state index in [4.69, 9.17) is 9.47 Å². The number of hydrogen-bond donors (Lipinski definition) is 0. The molecule has 1 amide bonds. The average Bonchev–Trinajstić information content (AvgIpc) is 2.70. The Morgan fingerprint density at radius 3 is 2.19 bits per heavy atom. The fourth-order valence-corrected chi connectivity index (χ4v) is 3.06. The van der Waals surface area contributed by atoms with Crippen LogP contribution in [-0.2, 0) is 4.79 Å². The van der Waals surface area contributed by atoms with Gasteiger partial charge in [0.2, 0.25) is 5.91 Å². The van der Waals surface area contributed by atoms with Crippen LogP contribution in [-0.4, -0.2) is 50.2 Å². The van der Waals surface area contributed by atoms with Gasteiger partial charge in [0.25, 0.3) is 0 Å². The largest absolute Gasteiger partial charge is 0.494 e. The zero-order valence-electron chi connectivity index (χ0n) is 15.3. The summed E-state index contributed by atoms with van der Waals surface area (Å²) in [5.74, 6) is 1.86. The summed E-state index contributed by atoms with van der Waals surface area (Å²) in [6, 6.07) is 17.8. The third kappa shape index (κ3) is 4.91. The predicted octanol–water partition coefficient (Wildman–Crippen LogP) is 3.20. The number of anilines is 1. The molecule has 0 N–H and O–H groups in total. The Hall–Kier alpha value is -2.69. The smallest absolute Gasteiger partial charge is 0.226 e. The van der Waals surface area contributed by atoms with Gasteiger partial charge in [-0.25, -0.2) is 0 Å². The quantitative estimate of drug-likeness (QED) is 0.766. The second-order valence-corrected chi connectivity index (χ2v) is 6.21. The Kier molecular flexibility index (Phi) is 6.36. The molecule has 138 valence electrons. The Labute approximate surface area is 155 Å². The molecular weight excluding hydrogens is 328 g/mol. The van der Waals surface area contributed by atoms with E-state index in [1.54, 1.807) is 0 Å². The van der Waals surface area contributed by atoms with Gasteiger partial charge in [0, 0.05) is 31.9 Å². The Morgan fingerprint density at radius 1 is 0.885 bits per heavy atom. The average molecular weight is 354 g/mol. The molecule has 0 spiro atoms. The minimum absolute atomic E-state index is 0.160. The number of ether oxygens (including phenoxy) is 2. The van der Waals surface area contributed by atoms with Crippen LogP contribution in [0, 0.1) is 0 Å². The van der Waals surface area contributed by atoms with Crippen molar-refractivity contribution < 1.29 is 14.3 Å². The lowest BCUT2D eigenvalue weighted by molar-refractivity contribution is -0.132. The van der Waals surface area contributed by atoms with Crippen LogP contribution in [0.1, 0.15) is 13.3 Å². The molecule has 2 aromatic rings.